The van der Waals surface area contributed by atoms with Crippen LogP contribution in [0.4, 0.5) is 4.39 Å². The maximum atomic E-state index is 12.9. The predicted molar refractivity (Wildman–Crippen MR) is 71.8 cm³/mol. The van der Waals surface area contributed by atoms with Gasteiger partial charge < -0.3 is 10.1 Å². The second-order valence-corrected chi connectivity index (χ2v) is 5.12. The second kappa shape index (κ2) is 6.95. The number of nitrogens with one attached hydrogen (secondary N) is 1. The number of ether oxygens (including phenoxy) is 1. The summed E-state index contributed by atoms with van der Waals surface area (Å²) in [5.74, 6) is 0.217. The fraction of sp³-hybridized carbons (Fsp3) is 0.571. The van der Waals surface area contributed by atoms with Crippen molar-refractivity contribution in [2.24, 2.45) is 0 Å². The van der Waals surface area contributed by atoms with Gasteiger partial charge in [-0.3, -0.25) is 0 Å². The first-order chi connectivity index (χ1) is 8.75. The zero-order valence-electron chi connectivity index (χ0n) is 10.4. The van der Waals surface area contributed by atoms with E-state index in [-0.39, 0.29) is 5.02 Å². The molecule has 1 aromatic rings. The summed E-state index contributed by atoms with van der Waals surface area (Å²) < 4.78 is 18.4. The topological polar surface area (TPSA) is 21.3 Å². The van der Waals surface area contributed by atoms with Gasteiger partial charge in [0.15, 0.2) is 0 Å². The van der Waals surface area contributed by atoms with Crippen LogP contribution in [-0.2, 0) is 0 Å². The predicted octanol–water partition coefficient (Wildman–Crippen LogP) is 3.78. The number of halogens is 2. The van der Waals surface area contributed by atoms with Crippen molar-refractivity contribution in [3.8, 4) is 5.75 Å². The number of hydrogen-bond acceptors (Lipinski definition) is 2. The lowest BCUT2D eigenvalue weighted by Crippen LogP contribution is -2.27. The molecule has 0 atom stereocenters. The van der Waals surface area contributed by atoms with Crippen LogP contribution in [0.3, 0.4) is 0 Å². The van der Waals surface area contributed by atoms with Gasteiger partial charge in [-0.25, -0.2) is 4.39 Å². The molecule has 1 fully saturated rings. The molecular formula is C14H19ClFNO. The van der Waals surface area contributed by atoms with E-state index < -0.39 is 5.82 Å². The van der Waals surface area contributed by atoms with Crippen LogP contribution < -0.4 is 10.1 Å². The van der Waals surface area contributed by atoms with Crippen LogP contribution in [0.15, 0.2) is 18.2 Å². The van der Waals surface area contributed by atoms with E-state index in [0.29, 0.717) is 18.4 Å². The standard InChI is InChI=1S/C14H19ClFNO/c15-13-10-12(6-7-14(13)16)18-9-3-8-17-11-4-1-2-5-11/h6-7,10-11,17H,1-5,8-9H2. The SMILES string of the molecule is Fc1ccc(OCCCNC2CCCC2)cc1Cl. The summed E-state index contributed by atoms with van der Waals surface area (Å²) >= 11 is 5.67. The van der Waals surface area contributed by atoms with Crippen LogP contribution in [0, 0.1) is 5.82 Å². The summed E-state index contributed by atoms with van der Waals surface area (Å²) in [4.78, 5) is 0. The molecule has 2 nitrogen and oxygen atoms in total. The highest BCUT2D eigenvalue weighted by Gasteiger charge is 2.13. The van der Waals surface area contributed by atoms with E-state index in [1.54, 1.807) is 6.07 Å². The van der Waals surface area contributed by atoms with Crippen molar-refractivity contribution < 1.29 is 9.13 Å². The maximum Gasteiger partial charge on any atom is 0.142 e. The summed E-state index contributed by atoms with van der Waals surface area (Å²) in [6.07, 6.45) is 6.25. The van der Waals surface area contributed by atoms with Gasteiger partial charge in [0.2, 0.25) is 0 Å². The Kier molecular flexibility index (Phi) is 5.26. The summed E-state index contributed by atoms with van der Waals surface area (Å²) in [5, 5.41) is 3.63. The van der Waals surface area contributed by atoms with Crippen molar-refractivity contribution in [1.29, 1.82) is 0 Å². The number of hydrogen-bond donors (Lipinski definition) is 1. The van der Waals surface area contributed by atoms with E-state index in [9.17, 15) is 4.39 Å². The van der Waals surface area contributed by atoms with Gasteiger partial charge in [-0.15, -0.1) is 0 Å². The van der Waals surface area contributed by atoms with Crippen molar-refractivity contribution in [2.75, 3.05) is 13.2 Å². The van der Waals surface area contributed by atoms with Crippen LogP contribution in [0.25, 0.3) is 0 Å². The molecule has 0 spiro atoms. The molecule has 4 heteroatoms. The molecule has 0 unspecified atom stereocenters. The Balaban J connectivity index is 1.61. The largest absolute Gasteiger partial charge is 0.493 e. The van der Waals surface area contributed by atoms with Gasteiger partial charge in [0.05, 0.1) is 11.6 Å². The van der Waals surface area contributed by atoms with Gasteiger partial charge in [0.1, 0.15) is 11.6 Å². The minimum absolute atomic E-state index is 0.108. The molecule has 0 aromatic heterocycles. The lowest BCUT2D eigenvalue weighted by Gasteiger charge is -2.12. The summed E-state index contributed by atoms with van der Waals surface area (Å²) in [7, 11) is 0. The third-order valence-corrected chi connectivity index (χ3v) is 3.56. The van der Waals surface area contributed by atoms with Crippen LogP contribution in [0.5, 0.6) is 5.75 Å². The van der Waals surface area contributed by atoms with Gasteiger partial charge in [0, 0.05) is 12.1 Å². The monoisotopic (exact) mass is 271 g/mol. The first-order valence-electron chi connectivity index (χ1n) is 6.57. The molecule has 0 amide bonds. The molecule has 1 aliphatic carbocycles. The van der Waals surface area contributed by atoms with Crippen LogP contribution >= 0.6 is 11.6 Å². The average molecular weight is 272 g/mol. The molecule has 0 heterocycles. The number of rotatable bonds is 6. The molecule has 0 bridgehead atoms. The molecular weight excluding hydrogens is 253 g/mol. The van der Waals surface area contributed by atoms with Gasteiger partial charge in [0.25, 0.3) is 0 Å². The lowest BCUT2D eigenvalue weighted by molar-refractivity contribution is 0.304. The van der Waals surface area contributed by atoms with Crippen molar-refractivity contribution in [3.63, 3.8) is 0 Å². The van der Waals surface area contributed by atoms with E-state index in [1.165, 1.54) is 37.8 Å². The van der Waals surface area contributed by atoms with Gasteiger partial charge >= 0.3 is 0 Å². The highest BCUT2D eigenvalue weighted by Crippen LogP contribution is 2.21. The quantitative estimate of drug-likeness (QED) is 0.795. The molecule has 18 heavy (non-hydrogen) atoms. The first kappa shape index (κ1) is 13.6. The van der Waals surface area contributed by atoms with Crippen molar-refractivity contribution in [2.45, 2.75) is 38.1 Å². The van der Waals surface area contributed by atoms with E-state index in [2.05, 4.69) is 5.32 Å². The third kappa shape index (κ3) is 4.14. The Hall–Kier alpha value is -0.800. The zero-order chi connectivity index (χ0) is 12.8. The van der Waals surface area contributed by atoms with Gasteiger partial charge in [-0.2, -0.15) is 0 Å². The molecule has 2 rings (SSSR count). The van der Waals surface area contributed by atoms with Crippen molar-refractivity contribution in [3.05, 3.63) is 29.0 Å². The average Bonchev–Trinajstić information content (AvgIpc) is 2.86. The minimum Gasteiger partial charge on any atom is -0.493 e. The highest BCUT2D eigenvalue weighted by molar-refractivity contribution is 6.30. The van der Waals surface area contributed by atoms with Crippen LogP contribution in [0.1, 0.15) is 32.1 Å². The van der Waals surface area contributed by atoms with Crippen molar-refractivity contribution in [1.82, 2.24) is 5.32 Å². The Morgan fingerprint density at radius 1 is 1.33 bits per heavy atom. The molecule has 1 aliphatic rings. The Morgan fingerprint density at radius 3 is 2.83 bits per heavy atom. The van der Waals surface area contributed by atoms with E-state index in [1.807, 2.05) is 0 Å². The summed E-state index contributed by atoms with van der Waals surface area (Å²) in [5.41, 5.74) is 0. The molecule has 1 saturated carbocycles. The van der Waals surface area contributed by atoms with Gasteiger partial charge in [-0.1, -0.05) is 24.4 Å². The van der Waals surface area contributed by atoms with Crippen LogP contribution in [-0.4, -0.2) is 19.2 Å². The molecule has 0 aliphatic heterocycles. The van der Waals surface area contributed by atoms with E-state index in [4.69, 9.17) is 16.3 Å². The Labute approximate surface area is 112 Å². The third-order valence-electron chi connectivity index (χ3n) is 3.27. The molecule has 0 saturated heterocycles. The molecule has 0 radical (unpaired) electrons. The summed E-state index contributed by atoms with van der Waals surface area (Å²) in [6, 6.07) is 5.15. The molecule has 100 valence electrons. The lowest BCUT2D eigenvalue weighted by atomic mass is 10.2. The molecule has 1 N–H and O–H groups in total. The fourth-order valence-corrected chi connectivity index (χ4v) is 2.44. The van der Waals surface area contributed by atoms with E-state index >= 15 is 0 Å². The Bertz CT molecular complexity index is 380. The maximum absolute atomic E-state index is 12.9. The smallest absolute Gasteiger partial charge is 0.142 e. The number of benzene rings is 1. The molecule has 1 aromatic carbocycles. The summed E-state index contributed by atoms with van der Waals surface area (Å²) in [6.45, 7) is 1.60. The highest BCUT2D eigenvalue weighted by atomic mass is 35.5. The normalized spacial score (nSPS) is 16.1. The first-order valence-corrected chi connectivity index (χ1v) is 6.95. The fourth-order valence-electron chi connectivity index (χ4n) is 2.26. The van der Waals surface area contributed by atoms with Crippen molar-refractivity contribution >= 4 is 11.6 Å². The van der Waals surface area contributed by atoms with E-state index in [0.717, 1.165) is 13.0 Å². The second-order valence-electron chi connectivity index (χ2n) is 4.71. The minimum atomic E-state index is -0.410. The Morgan fingerprint density at radius 2 is 2.11 bits per heavy atom. The zero-order valence-corrected chi connectivity index (χ0v) is 11.2. The van der Waals surface area contributed by atoms with Crippen LogP contribution in [0.2, 0.25) is 5.02 Å². The van der Waals surface area contributed by atoms with Gasteiger partial charge in [-0.05, 0) is 37.9 Å².